The number of carbonyl (C=O) groups is 4. The fourth-order valence-electron chi connectivity index (χ4n) is 13.6. The van der Waals surface area contributed by atoms with E-state index in [0.717, 1.165) is 25.7 Å². The van der Waals surface area contributed by atoms with Crippen molar-refractivity contribution in [2.45, 2.75) is 134 Å². The van der Waals surface area contributed by atoms with Gasteiger partial charge in [0.25, 0.3) is 0 Å². The number of nitrogens with one attached hydrogen (secondary N) is 4. The summed E-state index contributed by atoms with van der Waals surface area (Å²) in [7, 11) is 2.47. The van der Waals surface area contributed by atoms with Crippen LogP contribution in [0.5, 0.6) is 0 Å². The number of hydrogen-bond acceptors (Lipinski definition) is 10. The number of aromatic amines is 2. The van der Waals surface area contributed by atoms with Crippen LogP contribution in [0.15, 0.2) is 60.7 Å². The maximum absolute atomic E-state index is 17.0. The minimum absolute atomic E-state index is 0.0426. The first-order chi connectivity index (χ1) is 38.0. The molecule has 418 valence electrons. The number of hydrogen-bond donors (Lipinski definition) is 4. The number of carbonyl (C=O) groups excluding carboxylic acids is 4. The molecule has 6 atom stereocenters. The smallest absolute Gasteiger partial charge is 0.407 e. The van der Waals surface area contributed by atoms with Gasteiger partial charge >= 0.3 is 12.2 Å². The molecule has 4 amide bonds. The number of halogens is 4. The summed E-state index contributed by atoms with van der Waals surface area (Å²) >= 11 is 0. The molecule has 1 unspecified atom stereocenters. The molecule has 11 rings (SSSR count). The third-order valence-corrected chi connectivity index (χ3v) is 17.6. The number of anilines is 2. The maximum atomic E-state index is 17.0. The van der Waals surface area contributed by atoms with E-state index in [1.54, 1.807) is 31.7 Å². The highest BCUT2D eigenvalue weighted by atomic mass is 19.1. The number of imidazole rings is 2. The molecule has 5 aliphatic rings. The number of ether oxygens (including phenoxy) is 2. The number of aromatic nitrogens is 4. The van der Waals surface area contributed by atoms with Crippen LogP contribution in [0.3, 0.4) is 0 Å². The van der Waals surface area contributed by atoms with Gasteiger partial charge in [-0.3, -0.25) is 9.59 Å². The van der Waals surface area contributed by atoms with Crippen molar-refractivity contribution >= 4 is 57.4 Å². The fraction of sp³-hybridized carbons (Fsp3) is 0.492. The molecule has 79 heavy (non-hydrogen) atoms. The number of amides is 4. The van der Waals surface area contributed by atoms with E-state index in [1.165, 1.54) is 49.6 Å². The van der Waals surface area contributed by atoms with Crippen molar-refractivity contribution < 1.29 is 46.2 Å². The number of nitrogens with zero attached hydrogens (tertiary/aromatic N) is 6. The highest BCUT2D eigenvalue weighted by molar-refractivity contribution is 5.88. The van der Waals surface area contributed by atoms with Crippen LogP contribution in [-0.4, -0.2) is 106 Å². The highest BCUT2D eigenvalue weighted by Gasteiger charge is 2.45. The molecular weight excluding hydrogens is 1020 g/mol. The lowest BCUT2D eigenvalue weighted by Crippen LogP contribution is -2.51. The molecule has 1 aliphatic carbocycles. The van der Waals surface area contributed by atoms with Gasteiger partial charge in [-0.2, -0.15) is 0 Å². The molecular formula is C59H68F4N10O6. The van der Waals surface area contributed by atoms with E-state index in [2.05, 4.69) is 44.9 Å². The predicted octanol–water partition coefficient (Wildman–Crippen LogP) is 10.7. The number of H-pyrrole nitrogens is 2. The first-order valence-corrected chi connectivity index (χ1v) is 27.8. The Bertz CT molecular complexity index is 3160. The molecule has 0 radical (unpaired) electrons. The van der Waals surface area contributed by atoms with Crippen molar-refractivity contribution in [2.24, 2.45) is 11.8 Å². The molecule has 4 aliphatic heterocycles. The van der Waals surface area contributed by atoms with Crippen LogP contribution < -0.4 is 20.4 Å². The molecule has 4 N–H and O–H groups in total. The summed E-state index contributed by atoms with van der Waals surface area (Å²) in [6.45, 7) is 9.06. The highest BCUT2D eigenvalue weighted by Crippen LogP contribution is 2.51. The van der Waals surface area contributed by atoms with Gasteiger partial charge < -0.3 is 49.7 Å². The standard InChI is InChI=1S/C59H68F4N10O6/c1-31(2)50(68-57(76)78-5)55(74)71-21-9-13-48(71)53-64-42-27-35(38(60)29-44(42)66-53)46-15-16-47(73(46)34-25-40(62)52(41(63)26-34)70-23-19-59(20-24-70)18-17-33-11-7-8-12-37(33)59)36-28-43-45(30-39(36)61)67-54(65-43)49-14-10-22-72(49)56(75)51(32(3)4)69-58(77)79-6/h7-8,11-12,25-32,46-51H,9-10,13-24H2,1-6H3,(H,64,66)(H,65,67)(H,68,76)(H,69,77)/t46-,47-,48+,49?,50+,51+/m1/s1. The third kappa shape index (κ3) is 9.76. The molecule has 4 saturated heterocycles. The van der Waals surface area contributed by atoms with Gasteiger partial charge in [0.1, 0.15) is 41.1 Å². The van der Waals surface area contributed by atoms with Crippen molar-refractivity contribution in [3.05, 3.63) is 118 Å². The number of fused-ring (bicyclic) bond motifs is 4. The average molecular weight is 1090 g/mol. The molecule has 1 spiro atoms. The Morgan fingerprint density at radius 2 is 1.10 bits per heavy atom. The normalized spacial score (nSPS) is 21.7. The molecule has 0 saturated carbocycles. The zero-order valence-electron chi connectivity index (χ0n) is 45.4. The molecule has 4 fully saturated rings. The molecule has 0 bridgehead atoms. The van der Waals surface area contributed by atoms with E-state index < -0.39 is 71.7 Å². The Labute approximate surface area is 456 Å². The number of alkyl carbamates (subject to hydrolysis) is 2. The van der Waals surface area contributed by atoms with Gasteiger partial charge in [-0.25, -0.2) is 37.1 Å². The molecule has 16 nitrogen and oxygen atoms in total. The molecule has 4 aromatic carbocycles. The average Bonchev–Trinajstić information content (AvgIpc) is 4.40. The number of methoxy groups -OCH3 is 2. The lowest BCUT2D eigenvalue weighted by atomic mass is 9.74. The maximum Gasteiger partial charge on any atom is 0.407 e. The minimum Gasteiger partial charge on any atom is -0.453 e. The van der Waals surface area contributed by atoms with E-state index in [0.29, 0.717) is 85.6 Å². The summed E-state index contributed by atoms with van der Waals surface area (Å²) in [4.78, 5) is 75.6. The van der Waals surface area contributed by atoms with Crippen LogP contribution >= 0.6 is 0 Å². The second-order valence-electron chi connectivity index (χ2n) is 22.8. The molecule has 20 heteroatoms. The van der Waals surface area contributed by atoms with Gasteiger partial charge in [0, 0.05) is 55.1 Å². The van der Waals surface area contributed by atoms with Crippen LogP contribution in [0.4, 0.5) is 38.5 Å². The minimum atomic E-state index is -0.858. The Morgan fingerprint density at radius 3 is 1.57 bits per heavy atom. The Balaban J connectivity index is 0.936. The van der Waals surface area contributed by atoms with Gasteiger partial charge in [0.05, 0.1) is 60.5 Å². The van der Waals surface area contributed by atoms with Crippen molar-refractivity contribution in [1.29, 1.82) is 0 Å². The number of aryl methyl sites for hydroxylation is 1. The Hall–Kier alpha value is -7.38. The zero-order valence-corrected chi connectivity index (χ0v) is 45.4. The van der Waals surface area contributed by atoms with Gasteiger partial charge in [0.2, 0.25) is 11.8 Å². The number of likely N-dealkylation sites (tertiary alicyclic amines) is 2. The van der Waals surface area contributed by atoms with Gasteiger partial charge in [-0.15, -0.1) is 0 Å². The van der Waals surface area contributed by atoms with Crippen molar-refractivity contribution in [3.63, 3.8) is 0 Å². The second-order valence-corrected chi connectivity index (χ2v) is 22.8. The monoisotopic (exact) mass is 1090 g/mol. The van der Waals surface area contributed by atoms with Crippen LogP contribution in [0.1, 0.15) is 144 Å². The van der Waals surface area contributed by atoms with E-state index in [9.17, 15) is 19.2 Å². The largest absolute Gasteiger partial charge is 0.453 e. The fourth-order valence-corrected chi connectivity index (χ4v) is 13.6. The Kier molecular flexibility index (Phi) is 14.5. The molecule has 6 aromatic rings. The summed E-state index contributed by atoms with van der Waals surface area (Å²) in [5, 5.41) is 5.32. The molecule has 2 aromatic heterocycles. The number of benzene rings is 4. The lowest BCUT2D eigenvalue weighted by Gasteiger charge is -2.41. The number of rotatable bonds is 12. The van der Waals surface area contributed by atoms with Gasteiger partial charge in [-0.1, -0.05) is 52.0 Å². The summed E-state index contributed by atoms with van der Waals surface area (Å²) in [5.74, 6) is -3.02. The van der Waals surface area contributed by atoms with Crippen molar-refractivity contribution in [1.82, 2.24) is 40.4 Å². The first-order valence-electron chi connectivity index (χ1n) is 27.8. The van der Waals surface area contributed by atoms with Crippen molar-refractivity contribution in [2.75, 3.05) is 50.2 Å². The summed E-state index contributed by atoms with van der Waals surface area (Å²) in [5.41, 5.74) is 4.56. The Morgan fingerprint density at radius 1 is 0.620 bits per heavy atom. The van der Waals surface area contributed by atoms with Crippen LogP contribution in [-0.2, 0) is 30.9 Å². The second kappa shape index (κ2) is 21.3. The van der Waals surface area contributed by atoms with Crippen LogP contribution in [0.2, 0.25) is 0 Å². The van der Waals surface area contributed by atoms with E-state index >= 15 is 17.6 Å². The molecule has 6 heterocycles. The van der Waals surface area contributed by atoms with E-state index in [4.69, 9.17) is 19.4 Å². The van der Waals surface area contributed by atoms with E-state index in [-0.39, 0.29) is 64.4 Å². The lowest BCUT2D eigenvalue weighted by molar-refractivity contribution is -0.136. The summed E-state index contributed by atoms with van der Waals surface area (Å²) in [6.07, 6.45) is 5.03. The summed E-state index contributed by atoms with van der Waals surface area (Å²) in [6, 6.07) is 12.5. The third-order valence-electron chi connectivity index (χ3n) is 17.6. The quantitative estimate of drug-likeness (QED) is 0.0861. The first kappa shape index (κ1) is 53.6. The van der Waals surface area contributed by atoms with Gasteiger partial charge in [0.15, 0.2) is 11.6 Å². The predicted molar refractivity (Wildman–Crippen MR) is 289 cm³/mol. The SMILES string of the molecule is COC(=O)N[C@H](C(=O)N1CCCC1c1nc2cc(F)c([C@H]3CC[C@H](c4cc5[nH]c([C@@H]6CCCN6C(=O)[C@@H](NC(=O)OC)C(C)C)nc5cc4F)N3c3cc(F)c(N4CCC5(CCc6ccccc65)CC4)c(F)c3)cc2[nH]1)C(C)C. The zero-order chi connectivity index (χ0) is 55.6. The van der Waals surface area contributed by atoms with Crippen LogP contribution in [0.25, 0.3) is 22.1 Å². The van der Waals surface area contributed by atoms with Crippen molar-refractivity contribution in [3.8, 4) is 0 Å². The summed E-state index contributed by atoms with van der Waals surface area (Å²) < 4.78 is 77.7. The van der Waals surface area contributed by atoms with Crippen LogP contribution in [0, 0.1) is 35.1 Å². The van der Waals surface area contributed by atoms with E-state index in [1.807, 2.05) is 27.7 Å². The van der Waals surface area contributed by atoms with Gasteiger partial charge in [-0.05, 0) is 117 Å². The number of piperidine rings is 1. The topological polar surface area (TPSA) is 181 Å².